The number of amides is 1. The zero-order chi connectivity index (χ0) is 18.7. The first kappa shape index (κ1) is 18.8. The molecule has 2 fully saturated rings. The van der Waals surface area contributed by atoms with Crippen LogP contribution in [0.15, 0.2) is 29.2 Å². The van der Waals surface area contributed by atoms with E-state index in [0.29, 0.717) is 31.6 Å². The van der Waals surface area contributed by atoms with Gasteiger partial charge in [-0.3, -0.25) is 9.59 Å². The molecule has 0 aromatic heterocycles. The van der Waals surface area contributed by atoms with Crippen LogP contribution in [0.25, 0.3) is 0 Å². The minimum Gasteiger partial charge on any atom is -0.481 e. The maximum absolute atomic E-state index is 12.5. The SMILES string of the molecule is O=C(Nc1ccc(S(=O)(=O)N2CCCC2)cc1)[C@H]1CCCC[C@H]1C(=O)O. The largest absolute Gasteiger partial charge is 0.481 e. The number of benzene rings is 1. The molecule has 1 aromatic carbocycles. The summed E-state index contributed by atoms with van der Waals surface area (Å²) in [6, 6.07) is 6.08. The number of hydrogen-bond donors (Lipinski definition) is 2. The van der Waals surface area contributed by atoms with Crippen LogP contribution in [0.1, 0.15) is 38.5 Å². The van der Waals surface area contributed by atoms with Gasteiger partial charge in [0.25, 0.3) is 0 Å². The van der Waals surface area contributed by atoms with Crippen molar-refractivity contribution in [2.24, 2.45) is 11.8 Å². The monoisotopic (exact) mass is 380 g/mol. The van der Waals surface area contributed by atoms with Gasteiger partial charge in [0, 0.05) is 18.8 Å². The summed E-state index contributed by atoms with van der Waals surface area (Å²) in [5.41, 5.74) is 0.477. The first-order chi connectivity index (χ1) is 12.4. The van der Waals surface area contributed by atoms with Crippen LogP contribution in [-0.2, 0) is 19.6 Å². The number of carboxylic acids is 1. The van der Waals surface area contributed by atoms with Gasteiger partial charge in [-0.15, -0.1) is 0 Å². The number of anilines is 1. The van der Waals surface area contributed by atoms with E-state index < -0.39 is 27.8 Å². The second kappa shape index (κ2) is 7.75. The fourth-order valence-corrected chi connectivity index (χ4v) is 5.28. The van der Waals surface area contributed by atoms with Crippen molar-refractivity contribution in [2.45, 2.75) is 43.4 Å². The Hall–Kier alpha value is -1.93. The quantitative estimate of drug-likeness (QED) is 0.816. The molecule has 0 bridgehead atoms. The zero-order valence-electron chi connectivity index (χ0n) is 14.6. The van der Waals surface area contributed by atoms with Crippen molar-refractivity contribution in [3.63, 3.8) is 0 Å². The van der Waals surface area contributed by atoms with Gasteiger partial charge in [0.2, 0.25) is 15.9 Å². The predicted octanol–water partition coefficient (Wildman–Crippen LogP) is 2.30. The molecule has 2 aliphatic rings. The minimum absolute atomic E-state index is 0.207. The Bertz CT molecular complexity index is 769. The first-order valence-electron chi connectivity index (χ1n) is 9.03. The zero-order valence-corrected chi connectivity index (χ0v) is 15.4. The van der Waals surface area contributed by atoms with Gasteiger partial charge in [-0.1, -0.05) is 12.8 Å². The van der Waals surface area contributed by atoms with Gasteiger partial charge in [0.05, 0.1) is 16.7 Å². The molecule has 1 aliphatic carbocycles. The maximum atomic E-state index is 12.5. The number of aliphatic carboxylic acids is 1. The van der Waals surface area contributed by atoms with E-state index in [4.69, 9.17) is 0 Å². The number of carbonyl (C=O) groups excluding carboxylic acids is 1. The molecule has 1 saturated heterocycles. The minimum atomic E-state index is -3.48. The number of sulfonamides is 1. The molecule has 1 aliphatic heterocycles. The topological polar surface area (TPSA) is 104 Å². The van der Waals surface area contributed by atoms with Gasteiger partial charge >= 0.3 is 5.97 Å². The summed E-state index contributed by atoms with van der Waals surface area (Å²) < 4.78 is 26.5. The van der Waals surface area contributed by atoms with Crippen LogP contribution < -0.4 is 5.32 Å². The van der Waals surface area contributed by atoms with Crippen LogP contribution in [0, 0.1) is 11.8 Å². The lowest BCUT2D eigenvalue weighted by Crippen LogP contribution is -2.36. The second-order valence-corrected chi connectivity index (χ2v) is 8.90. The lowest BCUT2D eigenvalue weighted by atomic mass is 9.78. The van der Waals surface area contributed by atoms with Crippen molar-refractivity contribution in [2.75, 3.05) is 18.4 Å². The van der Waals surface area contributed by atoms with Gasteiger partial charge < -0.3 is 10.4 Å². The van der Waals surface area contributed by atoms with E-state index in [1.54, 1.807) is 12.1 Å². The van der Waals surface area contributed by atoms with Gasteiger partial charge in [-0.25, -0.2) is 8.42 Å². The molecule has 8 heteroatoms. The van der Waals surface area contributed by atoms with Crippen LogP contribution in [0.5, 0.6) is 0 Å². The average molecular weight is 380 g/mol. The molecular weight excluding hydrogens is 356 g/mol. The highest BCUT2D eigenvalue weighted by molar-refractivity contribution is 7.89. The molecule has 0 radical (unpaired) electrons. The Morgan fingerprint density at radius 2 is 1.54 bits per heavy atom. The van der Waals surface area contributed by atoms with Crippen LogP contribution in [0.4, 0.5) is 5.69 Å². The third-order valence-corrected chi connectivity index (χ3v) is 7.16. The van der Waals surface area contributed by atoms with Crippen molar-refractivity contribution in [3.8, 4) is 0 Å². The molecule has 26 heavy (non-hydrogen) atoms. The Balaban J connectivity index is 1.69. The second-order valence-electron chi connectivity index (χ2n) is 6.96. The third-order valence-electron chi connectivity index (χ3n) is 5.24. The van der Waals surface area contributed by atoms with E-state index in [1.807, 2.05) is 0 Å². The van der Waals surface area contributed by atoms with Crippen molar-refractivity contribution in [3.05, 3.63) is 24.3 Å². The molecule has 1 aromatic rings. The van der Waals surface area contributed by atoms with Crippen LogP contribution in [0.3, 0.4) is 0 Å². The van der Waals surface area contributed by atoms with Gasteiger partial charge in [-0.05, 0) is 49.9 Å². The highest BCUT2D eigenvalue weighted by Crippen LogP contribution is 2.31. The highest BCUT2D eigenvalue weighted by Gasteiger charge is 2.35. The fourth-order valence-electron chi connectivity index (χ4n) is 3.76. The predicted molar refractivity (Wildman–Crippen MR) is 96.1 cm³/mol. The molecule has 1 heterocycles. The normalized spacial score (nSPS) is 24.3. The standard InChI is InChI=1S/C18H24N2O5S/c21-17(15-5-1-2-6-16(15)18(22)23)19-13-7-9-14(10-8-13)26(24,25)20-11-3-4-12-20/h7-10,15-16H,1-6,11-12H2,(H,19,21)(H,22,23)/t15-,16+/m0/s1. The summed E-state index contributed by atoms with van der Waals surface area (Å²) in [5.74, 6) is -2.45. The summed E-state index contributed by atoms with van der Waals surface area (Å²) in [4.78, 5) is 24.0. The first-order valence-corrected chi connectivity index (χ1v) is 10.5. The van der Waals surface area contributed by atoms with Crippen LogP contribution >= 0.6 is 0 Å². The lowest BCUT2D eigenvalue weighted by molar-refractivity contribution is -0.147. The Morgan fingerprint density at radius 3 is 2.12 bits per heavy atom. The number of carbonyl (C=O) groups is 2. The molecule has 2 N–H and O–H groups in total. The van der Waals surface area contributed by atoms with Gasteiger partial charge in [0.15, 0.2) is 0 Å². The van der Waals surface area contributed by atoms with E-state index in [9.17, 15) is 23.1 Å². The van der Waals surface area contributed by atoms with Gasteiger partial charge in [-0.2, -0.15) is 4.31 Å². The van der Waals surface area contributed by atoms with E-state index in [0.717, 1.165) is 25.7 Å². The Kier molecular flexibility index (Phi) is 5.62. The molecular formula is C18H24N2O5S. The summed E-state index contributed by atoms with van der Waals surface area (Å²) in [7, 11) is -3.48. The number of nitrogens with zero attached hydrogens (tertiary/aromatic N) is 1. The van der Waals surface area contributed by atoms with Crippen molar-refractivity contribution >= 4 is 27.6 Å². The molecule has 0 spiro atoms. The fraction of sp³-hybridized carbons (Fsp3) is 0.556. The van der Waals surface area contributed by atoms with Crippen molar-refractivity contribution < 1.29 is 23.1 Å². The van der Waals surface area contributed by atoms with Crippen molar-refractivity contribution in [1.29, 1.82) is 0 Å². The smallest absolute Gasteiger partial charge is 0.307 e. The van der Waals surface area contributed by atoms with Crippen molar-refractivity contribution in [1.82, 2.24) is 4.31 Å². The van der Waals surface area contributed by atoms with Gasteiger partial charge in [0.1, 0.15) is 0 Å². The van der Waals surface area contributed by atoms with E-state index >= 15 is 0 Å². The summed E-state index contributed by atoms with van der Waals surface area (Å²) in [5, 5.41) is 12.0. The van der Waals surface area contributed by atoms with Crippen LogP contribution in [-0.4, -0.2) is 42.8 Å². The van der Waals surface area contributed by atoms with E-state index in [1.165, 1.54) is 16.4 Å². The molecule has 1 amide bonds. The number of carboxylic acid groups (broad SMARTS) is 1. The number of hydrogen-bond acceptors (Lipinski definition) is 4. The third kappa shape index (κ3) is 3.91. The summed E-state index contributed by atoms with van der Waals surface area (Å²) in [6.07, 6.45) is 4.49. The molecule has 2 atom stereocenters. The molecule has 142 valence electrons. The van der Waals surface area contributed by atoms with E-state index in [2.05, 4.69) is 5.32 Å². The lowest BCUT2D eigenvalue weighted by Gasteiger charge is -2.27. The molecule has 0 unspecified atom stereocenters. The maximum Gasteiger partial charge on any atom is 0.307 e. The number of nitrogens with one attached hydrogen (secondary N) is 1. The average Bonchev–Trinajstić information content (AvgIpc) is 3.17. The molecule has 7 nitrogen and oxygen atoms in total. The summed E-state index contributed by atoms with van der Waals surface area (Å²) >= 11 is 0. The van der Waals surface area contributed by atoms with Crippen LogP contribution in [0.2, 0.25) is 0 Å². The summed E-state index contributed by atoms with van der Waals surface area (Å²) in [6.45, 7) is 1.08. The van der Waals surface area contributed by atoms with E-state index in [-0.39, 0.29) is 10.8 Å². The highest BCUT2D eigenvalue weighted by atomic mass is 32.2. The molecule has 3 rings (SSSR count). The Morgan fingerprint density at radius 1 is 0.962 bits per heavy atom. The Labute approximate surface area is 153 Å². The number of rotatable bonds is 5. The molecule has 1 saturated carbocycles.